The van der Waals surface area contributed by atoms with Crippen LogP contribution < -0.4 is 5.32 Å². The predicted octanol–water partition coefficient (Wildman–Crippen LogP) is 3.01. The molecule has 0 spiro atoms. The number of carboxylic acids is 1. The van der Waals surface area contributed by atoms with Crippen LogP contribution in [0, 0.1) is 5.92 Å². The molecule has 1 amide bonds. The second-order valence-corrected chi connectivity index (χ2v) is 7.31. The molecule has 0 radical (unpaired) electrons. The van der Waals surface area contributed by atoms with Gasteiger partial charge >= 0.3 is 5.97 Å². The average molecular weight is 355 g/mol. The number of nitrogens with one attached hydrogen (secondary N) is 1. The van der Waals surface area contributed by atoms with Crippen molar-refractivity contribution >= 4 is 11.9 Å². The number of hydrogen-bond donors (Lipinski definition) is 2. The summed E-state index contributed by atoms with van der Waals surface area (Å²) in [7, 11) is 0. The third-order valence-electron chi connectivity index (χ3n) is 4.59. The van der Waals surface area contributed by atoms with Crippen molar-refractivity contribution in [3.63, 3.8) is 0 Å². The lowest BCUT2D eigenvalue weighted by atomic mass is 9.99. The summed E-state index contributed by atoms with van der Waals surface area (Å²) in [4.78, 5) is 24.3. The molecule has 1 saturated carbocycles. The number of aliphatic carboxylic acids is 1. The zero-order valence-corrected chi connectivity index (χ0v) is 15.2. The molecule has 26 heavy (non-hydrogen) atoms. The number of rotatable bonds is 8. The summed E-state index contributed by atoms with van der Waals surface area (Å²) in [6.45, 7) is 5.07. The topological polar surface area (TPSA) is 84.2 Å². The van der Waals surface area contributed by atoms with Gasteiger partial charge in [0.1, 0.15) is 0 Å². The molecule has 2 aromatic rings. The minimum atomic E-state index is -0.950. The first-order chi connectivity index (χ1) is 12.5. The van der Waals surface area contributed by atoms with Crippen LogP contribution in [0.25, 0.3) is 0 Å². The number of carbonyl (C=O) groups excluding carboxylic acids is 1. The molecular formula is C20H25N3O3. The highest BCUT2D eigenvalue weighted by atomic mass is 16.4. The number of benzene rings is 1. The molecule has 1 fully saturated rings. The molecule has 1 aliphatic carbocycles. The van der Waals surface area contributed by atoms with E-state index in [1.54, 1.807) is 30.5 Å². The Kier molecular flexibility index (Phi) is 5.40. The Balaban J connectivity index is 1.74. The zero-order chi connectivity index (χ0) is 18.7. The number of aromatic nitrogens is 2. The Morgan fingerprint density at radius 3 is 2.54 bits per heavy atom. The van der Waals surface area contributed by atoms with Gasteiger partial charge in [0, 0.05) is 19.0 Å². The van der Waals surface area contributed by atoms with Gasteiger partial charge in [-0.3, -0.25) is 14.3 Å². The molecule has 3 rings (SSSR count). The van der Waals surface area contributed by atoms with Gasteiger partial charge in [0.05, 0.1) is 23.4 Å². The van der Waals surface area contributed by atoms with Crippen LogP contribution in [0.3, 0.4) is 0 Å². The van der Waals surface area contributed by atoms with E-state index in [0.717, 1.165) is 25.1 Å². The largest absolute Gasteiger partial charge is 0.481 e. The highest BCUT2D eigenvalue weighted by Gasteiger charge is 2.33. The summed E-state index contributed by atoms with van der Waals surface area (Å²) < 4.78 is 1.93. The van der Waals surface area contributed by atoms with Crippen molar-refractivity contribution in [2.75, 3.05) is 6.54 Å². The number of carboxylic acid groups (broad SMARTS) is 1. The van der Waals surface area contributed by atoms with Gasteiger partial charge in [-0.1, -0.05) is 44.2 Å². The zero-order valence-electron chi connectivity index (χ0n) is 15.2. The molecular weight excluding hydrogens is 330 g/mol. The van der Waals surface area contributed by atoms with E-state index in [-0.39, 0.29) is 12.5 Å². The molecule has 2 N–H and O–H groups in total. The highest BCUT2D eigenvalue weighted by molar-refractivity contribution is 5.95. The van der Waals surface area contributed by atoms with Gasteiger partial charge in [0.15, 0.2) is 0 Å². The van der Waals surface area contributed by atoms with Crippen LogP contribution >= 0.6 is 0 Å². The highest BCUT2D eigenvalue weighted by Crippen LogP contribution is 2.41. The third kappa shape index (κ3) is 4.12. The molecule has 138 valence electrons. The Labute approximate surface area is 153 Å². The molecule has 6 nitrogen and oxygen atoms in total. The average Bonchev–Trinajstić information content (AvgIpc) is 3.36. The standard InChI is InChI=1S/C20H25N3O3/c1-13(2)12-23-18(15-8-9-15)17(11-22-23)19(24)21-10-16(20(25)26)14-6-4-3-5-7-14/h3-7,11,13,15-16H,8-10,12H2,1-2H3,(H,21,24)(H,25,26). The molecule has 1 aromatic heterocycles. The maximum absolute atomic E-state index is 12.7. The first kappa shape index (κ1) is 18.2. The van der Waals surface area contributed by atoms with Crippen molar-refractivity contribution in [1.29, 1.82) is 0 Å². The van der Waals surface area contributed by atoms with E-state index in [2.05, 4.69) is 24.3 Å². The van der Waals surface area contributed by atoms with Gasteiger partial charge in [0.25, 0.3) is 5.91 Å². The van der Waals surface area contributed by atoms with E-state index >= 15 is 0 Å². The molecule has 1 heterocycles. The number of hydrogen-bond acceptors (Lipinski definition) is 3. The fraction of sp³-hybridized carbons (Fsp3) is 0.450. The van der Waals surface area contributed by atoms with Crippen molar-refractivity contribution < 1.29 is 14.7 Å². The lowest BCUT2D eigenvalue weighted by Crippen LogP contribution is -2.32. The lowest BCUT2D eigenvalue weighted by molar-refractivity contribution is -0.138. The molecule has 1 aromatic carbocycles. The number of nitrogens with zero attached hydrogens (tertiary/aromatic N) is 2. The minimum Gasteiger partial charge on any atom is -0.481 e. The molecule has 1 unspecified atom stereocenters. The predicted molar refractivity (Wildman–Crippen MR) is 98.2 cm³/mol. The first-order valence-electron chi connectivity index (χ1n) is 9.09. The lowest BCUT2D eigenvalue weighted by Gasteiger charge is -2.14. The monoisotopic (exact) mass is 355 g/mol. The van der Waals surface area contributed by atoms with Crippen LogP contribution in [0.2, 0.25) is 0 Å². The molecule has 0 saturated heterocycles. The van der Waals surface area contributed by atoms with E-state index < -0.39 is 11.9 Å². The Morgan fingerprint density at radius 2 is 1.96 bits per heavy atom. The van der Waals surface area contributed by atoms with Crippen molar-refractivity contribution in [3.05, 3.63) is 53.3 Å². The second-order valence-electron chi connectivity index (χ2n) is 7.31. The van der Waals surface area contributed by atoms with Crippen LogP contribution in [0.15, 0.2) is 36.5 Å². The summed E-state index contributed by atoms with van der Waals surface area (Å²) >= 11 is 0. The second kappa shape index (κ2) is 7.72. The van der Waals surface area contributed by atoms with Crippen molar-refractivity contribution in [2.45, 2.75) is 45.1 Å². The summed E-state index contributed by atoms with van der Waals surface area (Å²) in [5, 5.41) is 16.7. The van der Waals surface area contributed by atoms with E-state index in [0.29, 0.717) is 23.0 Å². The normalized spacial score (nSPS) is 15.0. The van der Waals surface area contributed by atoms with Crippen LogP contribution in [-0.4, -0.2) is 33.3 Å². The van der Waals surface area contributed by atoms with Crippen LogP contribution in [0.4, 0.5) is 0 Å². The number of amides is 1. The fourth-order valence-corrected chi connectivity index (χ4v) is 3.17. The van der Waals surface area contributed by atoms with Crippen molar-refractivity contribution in [3.8, 4) is 0 Å². The molecule has 1 atom stereocenters. The molecule has 6 heteroatoms. The van der Waals surface area contributed by atoms with E-state index in [1.807, 2.05) is 10.7 Å². The van der Waals surface area contributed by atoms with Gasteiger partial charge in [-0.25, -0.2) is 0 Å². The van der Waals surface area contributed by atoms with Gasteiger partial charge in [-0.05, 0) is 24.3 Å². The smallest absolute Gasteiger partial charge is 0.312 e. The van der Waals surface area contributed by atoms with E-state index in [1.165, 1.54) is 0 Å². The van der Waals surface area contributed by atoms with Crippen molar-refractivity contribution in [1.82, 2.24) is 15.1 Å². The first-order valence-corrected chi connectivity index (χ1v) is 9.09. The Bertz CT molecular complexity index is 779. The maximum Gasteiger partial charge on any atom is 0.312 e. The summed E-state index contributed by atoms with van der Waals surface area (Å²) in [6.07, 6.45) is 3.77. The Hall–Kier alpha value is -2.63. The van der Waals surface area contributed by atoms with Crippen LogP contribution in [0.5, 0.6) is 0 Å². The van der Waals surface area contributed by atoms with Crippen molar-refractivity contribution in [2.24, 2.45) is 5.92 Å². The van der Waals surface area contributed by atoms with Crippen LogP contribution in [-0.2, 0) is 11.3 Å². The van der Waals surface area contributed by atoms with Gasteiger partial charge < -0.3 is 10.4 Å². The summed E-state index contributed by atoms with van der Waals surface area (Å²) in [5.74, 6) is -1.13. The number of carbonyl (C=O) groups is 2. The Morgan fingerprint density at radius 1 is 1.27 bits per heavy atom. The van der Waals surface area contributed by atoms with Gasteiger partial charge in [0.2, 0.25) is 0 Å². The van der Waals surface area contributed by atoms with E-state index in [4.69, 9.17) is 0 Å². The maximum atomic E-state index is 12.7. The molecule has 0 bridgehead atoms. The third-order valence-corrected chi connectivity index (χ3v) is 4.59. The fourth-order valence-electron chi connectivity index (χ4n) is 3.17. The molecule has 1 aliphatic rings. The minimum absolute atomic E-state index is 0.0532. The van der Waals surface area contributed by atoms with E-state index in [9.17, 15) is 14.7 Å². The van der Waals surface area contributed by atoms with Crippen LogP contribution in [0.1, 0.15) is 60.1 Å². The summed E-state index contributed by atoms with van der Waals surface area (Å²) in [6, 6.07) is 8.97. The van der Waals surface area contributed by atoms with Gasteiger partial charge in [-0.15, -0.1) is 0 Å². The summed E-state index contributed by atoms with van der Waals surface area (Å²) in [5.41, 5.74) is 2.24. The quantitative estimate of drug-likeness (QED) is 0.762. The van der Waals surface area contributed by atoms with Gasteiger partial charge in [-0.2, -0.15) is 5.10 Å². The molecule has 0 aliphatic heterocycles. The SMILES string of the molecule is CC(C)Cn1ncc(C(=O)NCC(C(=O)O)c2ccccc2)c1C1CC1.